The van der Waals surface area contributed by atoms with Gasteiger partial charge in [-0.15, -0.1) is 0 Å². The number of hydrogen-bond acceptors (Lipinski definition) is 3. The number of anilines is 6. The number of unbranched alkanes of at least 4 members (excludes halogenated alkanes) is 2. The molecule has 0 aliphatic carbocycles. The van der Waals surface area contributed by atoms with Crippen LogP contribution >= 0.6 is 0 Å². The first-order chi connectivity index (χ1) is 30.2. The van der Waals surface area contributed by atoms with E-state index in [-0.39, 0.29) is 6.85 Å². The van der Waals surface area contributed by atoms with Crippen molar-refractivity contribution in [3.63, 3.8) is 0 Å². The number of nitrogens with zero attached hydrogens (tertiary/aromatic N) is 3. The van der Waals surface area contributed by atoms with Gasteiger partial charge in [0, 0.05) is 55.7 Å². The summed E-state index contributed by atoms with van der Waals surface area (Å²) in [5.74, 6) is 0. The molecule has 8 aromatic carbocycles. The Hall–Kier alpha value is -6.98. The highest BCUT2D eigenvalue weighted by atomic mass is 16.3. The predicted molar refractivity (Wildman–Crippen MR) is 259 cm³/mol. The molecule has 10 aromatic rings. The summed E-state index contributed by atoms with van der Waals surface area (Å²) in [4.78, 5) is 4.99. The van der Waals surface area contributed by atoms with Gasteiger partial charge in [0.15, 0.2) is 5.71 Å². The van der Waals surface area contributed by atoms with E-state index in [1.165, 1.54) is 91.6 Å². The SMILES string of the molecule is CCCCc1ccc(N(c2ccc(CCCC)cc2)c2ccc3c(c2)N(c2ccccc2)c2c4c(cc5ccccc25)-c2cccc5c6c7ccccc7oc6n(c25)B34)cc1. The minimum Gasteiger partial charge on any atom is -0.441 e. The zero-order chi connectivity index (χ0) is 40.6. The Morgan fingerprint density at radius 3 is 1.92 bits per heavy atom. The van der Waals surface area contributed by atoms with Gasteiger partial charge in [-0.3, -0.25) is 0 Å². The van der Waals surface area contributed by atoms with Crippen molar-refractivity contribution in [1.29, 1.82) is 0 Å². The van der Waals surface area contributed by atoms with Crippen LogP contribution in [0.1, 0.15) is 50.7 Å². The summed E-state index contributed by atoms with van der Waals surface area (Å²) < 4.78 is 9.49. The monoisotopic (exact) mass is 787 g/mol. The lowest BCUT2D eigenvalue weighted by Gasteiger charge is -2.41. The highest BCUT2D eigenvalue weighted by Crippen LogP contribution is 2.50. The van der Waals surface area contributed by atoms with Gasteiger partial charge in [-0.1, -0.05) is 136 Å². The molecule has 0 spiro atoms. The van der Waals surface area contributed by atoms with Crippen LogP contribution < -0.4 is 20.7 Å². The molecule has 0 N–H and O–H groups in total. The molecule has 2 aromatic heterocycles. The van der Waals surface area contributed by atoms with Gasteiger partial charge >= 0.3 is 6.85 Å². The Morgan fingerprint density at radius 1 is 0.557 bits per heavy atom. The molecule has 0 radical (unpaired) electrons. The van der Waals surface area contributed by atoms with E-state index in [1.807, 2.05) is 0 Å². The molecule has 0 saturated heterocycles. The second kappa shape index (κ2) is 14.3. The summed E-state index contributed by atoms with van der Waals surface area (Å²) >= 11 is 0. The van der Waals surface area contributed by atoms with Crippen LogP contribution in [0.25, 0.3) is 54.9 Å². The maximum atomic E-state index is 6.96. The summed E-state index contributed by atoms with van der Waals surface area (Å²) in [6.45, 7) is 4.40. The standard InChI is InChI=1S/C56H46BN3O/c1-3-5-15-37-25-29-41(30-26-37)58(42-31-27-38(28-32-42)16-6-4-2)43-33-34-49-50(36-43)59(40-18-8-7-9-19-40)55-44-20-11-10-17-39(44)35-48-45-22-14-23-47-52-46-21-12-13-24-51(46)61-56(52)60(54(45)47)57(49)53(48)55/h7-14,17-36H,3-6,15-16H2,1-2H3. The van der Waals surface area contributed by atoms with Gasteiger partial charge in [-0.05, 0) is 119 Å². The van der Waals surface area contributed by atoms with Crippen LogP contribution in [0.5, 0.6) is 0 Å². The number of benzene rings is 8. The van der Waals surface area contributed by atoms with Gasteiger partial charge in [0.1, 0.15) is 5.58 Å². The van der Waals surface area contributed by atoms with Crippen molar-refractivity contribution < 1.29 is 4.42 Å². The van der Waals surface area contributed by atoms with Crippen LogP contribution in [0.4, 0.5) is 34.1 Å². The second-order valence-electron chi connectivity index (χ2n) is 16.9. The first-order valence-corrected chi connectivity index (χ1v) is 22.2. The number of furan rings is 1. The average molecular weight is 788 g/mol. The highest BCUT2D eigenvalue weighted by Gasteiger charge is 2.44. The van der Waals surface area contributed by atoms with E-state index >= 15 is 0 Å². The lowest BCUT2D eigenvalue weighted by molar-refractivity contribution is 0.651. The largest absolute Gasteiger partial charge is 0.441 e. The van der Waals surface area contributed by atoms with E-state index in [4.69, 9.17) is 4.42 Å². The lowest BCUT2D eigenvalue weighted by Crippen LogP contribution is -2.56. The first kappa shape index (κ1) is 35.9. The Bertz CT molecular complexity index is 3240. The van der Waals surface area contributed by atoms with E-state index in [2.05, 4.69) is 198 Å². The third kappa shape index (κ3) is 5.53. The molecule has 0 saturated carbocycles. The van der Waals surface area contributed by atoms with Gasteiger partial charge in [-0.25, -0.2) is 0 Å². The van der Waals surface area contributed by atoms with E-state index in [0.29, 0.717) is 0 Å². The molecule has 0 unspecified atom stereocenters. The van der Waals surface area contributed by atoms with Crippen LogP contribution in [0.3, 0.4) is 0 Å². The molecule has 61 heavy (non-hydrogen) atoms. The summed E-state index contributed by atoms with van der Waals surface area (Å²) in [5, 5.41) is 6.04. The Labute approximate surface area is 357 Å². The smallest absolute Gasteiger partial charge is 0.336 e. The Kier molecular flexibility index (Phi) is 8.45. The molecule has 0 fully saturated rings. The first-order valence-electron chi connectivity index (χ1n) is 22.2. The van der Waals surface area contributed by atoms with E-state index in [1.54, 1.807) is 0 Å². The third-order valence-corrected chi connectivity index (χ3v) is 13.3. The van der Waals surface area contributed by atoms with Crippen molar-refractivity contribution in [1.82, 2.24) is 4.48 Å². The predicted octanol–water partition coefficient (Wildman–Crippen LogP) is 14.3. The molecular weight excluding hydrogens is 741 g/mol. The molecule has 294 valence electrons. The minimum absolute atomic E-state index is 0.127. The van der Waals surface area contributed by atoms with Gasteiger partial charge < -0.3 is 18.7 Å². The van der Waals surface area contributed by atoms with Crippen molar-refractivity contribution in [3.8, 4) is 11.1 Å². The zero-order valence-corrected chi connectivity index (χ0v) is 34.7. The fourth-order valence-electron chi connectivity index (χ4n) is 10.4. The molecular formula is C56H46BN3O. The fraction of sp³-hybridized carbons (Fsp3) is 0.143. The minimum atomic E-state index is -0.127. The van der Waals surface area contributed by atoms with Crippen LogP contribution in [-0.4, -0.2) is 11.3 Å². The molecule has 0 amide bonds. The van der Waals surface area contributed by atoms with Crippen LogP contribution in [-0.2, 0) is 12.8 Å². The number of fused-ring (bicyclic) bond motifs is 11. The molecule has 12 rings (SSSR count). The Morgan fingerprint density at radius 2 is 1.20 bits per heavy atom. The lowest BCUT2D eigenvalue weighted by atomic mass is 9.45. The molecule has 4 heterocycles. The van der Waals surface area contributed by atoms with Crippen molar-refractivity contribution in [2.75, 3.05) is 9.80 Å². The quantitative estimate of drug-likeness (QED) is 0.129. The summed E-state index contributed by atoms with van der Waals surface area (Å²) in [5.41, 5.74) is 17.9. The van der Waals surface area contributed by atoms with Crippen molar-refractivity contribution in [3.05, 3.63) is 181 Å². The zero-order valence-electron chi connectivity index (χ0n) is 34.7. The molecule has 2 aliphatic heterocycles. The second-order valence-corrected chi connectivity index (χ2v) is 16.9. The fourth-order valence-corrected chi connectivity index (χ4v) is 10.4. The molecule has 0 atom stereocenters. The normalized spacial score (nSPS) is 12.8. The summed E-state index contributed by atoms with van der Waals surface area (Å²) in [7, 11) is 0. The van der Waals surface area contributed by atoms with Crippen molar-refractivity contribution >= 4 is 95.6 Å². The van der Waals surface area contributed by atoms with E-state index in [0.717, 1.165) is 58.0 Å². The Balaban J connectivity index is 1.15. The summed E-state index contributed by atoms with van der Waals surface area (Å²) in [6, 6.07) is 63.4. The maximum absolute atomic E-state index is 6.96. The highest BCUT2D eigenvalue weighted by molar-refractivity contribution is 6.90. The van der Waals surface area contributed by atoms with Crippen molar-refractivity contribution in [2.24, 2.45) is 0 Å². The van der Waals surface area contributed by atoms with Crippen molar-refractivity contribution in [2.45, 2.75) is 52.4 Å². The summed E-state index contributed by atoms with van der Waals surface area (Å²) in [6.07, 6.45) is 6.96. The molecule has 2 aliphatic rings. The van der Waals surface area contributed by atoms with Gasteiger partial charge in [0.2, 0.25) is 0 Å². The molecule has 4 nitrogen and oxygen atoms in total. The van der Waals surface area contributed by atoms with Crippen LogP contribution in [0, 0.1) is 0 Å². The molecule has 5 heteroatoms. The van der Waals surface area contributed by atoms with Gasteiger partial charge in [0.05, 0.1) is 11.1 Å². The number of para-hydroxylation sites is 3. The van der Waals surface area contributed by atoms with Gasteiger partial charge in [0.25, 0.3) is 0 Å². The van der Waals surface area contributed by atoms with Gasteiger partial charge in [-0.2, -0.15) is 0 Å². The third-order valence-electron chi connectivity index (χ3n) is 13.3. The van der Waals surface area contributed by atoms with Crippen LogP contribution in [0.15, 0.2) is 174 Å². The average Bonchev–Trinajstić information content (AvgIpc) is 3.85. The molecule has 0 bridgehead atoms. The van der Waals surface area contributed by atoms with Crippen LogP contribution in [0.2, 0.25) is 0 Å². The van der Waals surface area contributed by atoms with E-state index in [9.17, 15) is 0 Å². The number of aryl methyl sites for hydroxylation is 2. The number of hydrogen-bond donors (Lipinski definition) is 0. The maximum Gasteiger partial charge on any atom is 0.336 e. The number of rotatable bonds is 10. The number of aromatic nitrogens is 1. The topological polar surface area (TPSA) is 24.6 Å². The van der Waals surface area contributed by atoms with E-state index < -0.39 is 0 Å².